The van der Waals surface area contributed by atoms with Gasteiger partial charge in [-0.15, -0.1) is 0 Å². The summed E-state index contributed by atoms with van der Waals surface area (Å²) in [5.41, 5.74) is 3.60. The van der Waals surface area contributed by atoms with Gasteiger partial charge >= 0.3 is 0 Å². The largest absolute Gasteiger partial charge is 0.493 e. The first-order chi connectivity index (χ1) is 9.20. The number of nitriles is 1. The van der Waals surface area contributed by atoms with Crippen molar-refractivity contribution in [2.24, 2.45) is 7.05 Å². The van der Waals surface area contributed by atoms with Crippen molar-refractivity contribution in [1.29, 1.82) is 5.26 Å². The number of aryl methyl sites for hydroxylation is 2. The van der Waals surface area contributed by atoms with Crippen molar-refractivity contribution >= 4 is 15.9 Å². The van der Waals surface area contributed by atoms with E-state index in [0.29, 0.717) is 5.69 Å². The molecule has 4 nitrogen and oxygen atoms in total. The third-order valence-corrected chi connectivity index (χ3v) is 4.03. The predicted molar refractivity (Wildman–Crippen MR) is 74.9 cm³/mol. The third kappa shape index (κ3) is 2.02. The highest BCUT2D eigenvalue weighted by Crippen LogP contribution is 2.34. The van der Waals surface area contributed by atoms with E-state index in [1.54, 1.807) is 4.68 Å². The second-order valence-corrected chi connectivity index (χ2v) is 5.31. The topological polar surface area (TPSA) is 50.8 Å². The van der Waals surface area contributed by atoms with Gasteiger partial charge in [0.15, 0.2) is 5.69 Å². The van der Waals surface area contributed by atoms with E-state index in [1.807, 2.05) is 19.2 Å². The highest BCUT2D eigenvalue weighted by molar-refractivity contribution is 9.10. The van der Waals surface area contributed by atoms with Gasteiger partial charge in [-0.1, -0.05) is 0 Å². The molecule has 0 amide bonds. The lowest BCUT2D eigenvalue weighted by Crippen LogP contribution is -2.08. The van der Waals surface area contributed by atoms with Crippen molar-refractivity contribution in [3.63, 3.8) is 0 Å². The number of fused-ring (bicyclic) bond motifs is 1. The lowest BCUT2D eigenvalue weighted by molar-refractivity contribution is 0.288. The summed E-state index contributed by atoms with van der Waals surface area (Å²) in [7, 11) is 1.84. The Labute approximate surface area is 119 Å². The van der Waals surface area contributed by atoms with Crippen LogP contribution >= 0.6 is 15.9 Å². The van der Waals surface area contributed by atoms with Crippen LogP contribution < -0.4 is 4.74 Å². The van der Waals surface area contributed by atoms with E-state index in [-0.39, 0.29) is 0 Å². The second kappa shape index (κ2) is 4.71. The molecule has 1 aromatic carbocycles. The molecule has 0 saturated heterocycles. The number of hydrogen-bond donors (Lipinski definition) is 0. The average molecular weight is 318 g/mol. The molecule has 0 saturated carbocycles. The van der Waals surface area contributed by atoms with E-state index < -0.39 is 0 Å². The normalized spacial score (nSPS) is 13.5. The number of benzene rings is 1. The van der Waals surface area contributed by atoms with Crippen LogP contribution in [0.2, 0.25) is 0 Å². The van der Waals surface area contributed by atoms with Crippen molar-refractivity contribution in [2.45, 2.75) is 12.8 Å². The molecule has 2 heterocycles. The first-order valence-corrected chi connectivity index (χ1v) is 6.88. The molecule has 0 atom stereocenters. The van der Waals surface area contributed by atoms with Crippen LogP contribution in [0.4, 0.5) is 0 Å². The van der Waals surface area contributed by atoms with Crippen molar-refractivity contribution in [3.05, 3.63) is 33.9 Å². The summed E-state index contributed by atoms with van der Waals surface area (Å²) in [6, 6.07) is 8.21. The van der Waals surface area contributed by atoms with Gasteiger partial charge in [0.2, 0.25) is 0 Å². The van der Waals surface area contributed by atoms with E-state index in [0.717, 1.165) is 40.9 Å². The van der Waals surface area contributed by atoms with Gasteiger partial charge in [0, 0.05) is 12.6 Å². The number of rotatable bonds is 1. The van der Waals surface area contributed by atoms with Crippen LogP contribution in [0.1, 0.15) is 17.7 Å². The molecule has 0 spiro atoms. The van der Waals surface area contributed by atoms with Crippen LogP contribution in [0, 0.1) is 11.3 Å². The molecule has 96 valence electrons. The van der Waals surface area contributed by atoms with Crippen LogP contribution in [0.3, 0.4) is 0 Å². The molecule has 1 aliphatic rings. The Balaban J connectivity index is 2.13. The van der Waals surface area contributed by atoms with Gasteiger partial charge in [-0.05, 0) is 52.5 Å². The smallest absolute Gasteiger partial charge is 0.177 e. The Morgan fingerprint density at radius 3 is 3.05 bits per heavy atom. The molecule has 0 N–H and O–H groups in total. The number of ether oxygens (including phenoxy) is 1. The van der Waals surface area contributed by atoms with Gasteiger partial charge in [-0.25, -0.2) is 0 Å². The van der Waals surface area contributed by atoms with Crippen molar-refractivity contribution in [3.8, 4) is 23.1 Å². The van der Waals surface area contributed by atoms with Crippen LogP contribution in [0.25, 0.3) is 11.3 Å². The zero-order valence-corrected chi connectivity index (χ0v) is 12.1. The Morgan fingerprint density at radius 2 is 2.32 bits per heavy atom. The van der Waals surface area contributed by atoms with Gasteiger partial charge < -0.3 is 4.74 Å². The zero-order chi connectivity index (χ0) is 13.4. The maximum atomic E-state index is 9.02. The molecule has 5 heteroatoms. The maximum Gasteiger partial charge on any atom is 0.177 e. The van der Waals surface area contributed by atoms with Crippen LogP contribution in [0.15, 0.2) is 22.7 Å². The number of aromatic nitrogens is 2. The van der Waals surface area contributed by atoms with Crippen LogP contribution in [-0.2, 0) is 13.5 Å². The first-order valence-electron chi connectivity index (χ1n) is 6.09. The van der Waals surface area contributed by atoms with Gasteiger partial charge in [0.05, 0.1) is 16.8 Å². The zero-order valence-electron chi connectivity index (χ0n) is 10.5. The molecule has 0 radical (unpaired) electrons. The molecular formula is C14H12BrN3O. The van der Waals surface area contributed by atoms with Gasteiger partial charge in [-0.2, -0.15) is 10.4 Å². The second-order valence-electron chi connectivity index (χ2n) is 4.52. The molecule has 1 aliphatic heterocycles. The lowest BCUT2D eigenvalue weighted by Gasteiger charge is -2.18. The lowest BCUT2D eigenvalue weighted by atomic mass is 10.0. The molecule has 2 aromatic rings. The highest BCUT2D eigenvalue weighted by Gasteiger charge is 2.17. The van der Waals surface area contributed by atoms with E-state index >= 15 is 0 Å². The molecule has 1 aromatic heterocycles. The quantitative estimate of drug-likeness (QED) is 0.812. The minimum atomic E-state index is 0.409. The molecular weight excluding hydrogens is 306 g/mol. The minimum absolute atomic E-state index is 0.409. The molecule has 19 heavy (non-hydrogen) atoms. The molecule has 0 unspecified atom stereocenters. The number of hydrogen-bond acceptors (Lipinski definition) is 3. The van der Waals surface area contributed by atoms with Crippen LogP contribution in [0.5, 0.6) is 5.75 Å². The molecule has 0 aliphatic carbocycles. The third-order valence-electron chi connectivity index (χ3n) is 3.28. The number of nitrogens with zero attached hydrogens (tertiary/aromatic N) is 3. The molecule has 0 fully saturated rings. The van der Waals surface area contributed by atoms with Gasteiger partial charge in [0.1, 0.15) is 11.8 Å². The SMILES string of the molecule is Cn1nc(C#N)c(Br)c1-c1ccc2c(c1)CCCO2. The minimum Gasteiger partial charge on any atom is -0.493 e. The van der Waals surface area contributed by atoms with Gasteiger partial charge in [-0.3, -0.25) is 4.68 Å². The maximum absolute atomic E-state index is 9.02. The van der Waals surface area contributed by atoms with Gasteiger partial charge in [0.25, 0.3) is 0 Å². The predicted octanol–water partition coefficient (Wildman–Crippen LogP) is 3.05. The van der Waals surface area contributed by atoms with Crippen LogP contribution in [-0.4, -0.2) is 16.4 Å². The first kappa shape index (κ1) is 12.2. The Bertz CT molecular complexity index is 685. The van der Waals surface area contributed by atoms with E-state index in [9.17, 15) is 0 Å². The highest BCUT2D eigenvalue weighted by atomic mass is 79.9. The van der Waals surface area contributed by atoms with Crippen molar-refractivity contribution < 1.29 is 4.74 Å². The Kier molecular flexibility index (Phi) is 3.03. The summed E-state index contributed by atoms with van der Waals surface area (Å²) in [6.07, 6.45) is 2.08. The average Bonchev–Trinajstić information content (AvgIpc) is 2.73. The van der Waals surface area contributed by atoms with E-state index in [4.69, 9.17) is 10.00 Å². The molecule has 0 bridgehead atoms. The summed E-state index contributed by atoms with van der Waals surface area (Å²) in [4.78, 5) is 0. The summed E-state index contributed by atoms with van der Waals surface area (Å²) in [6.45, 7) is 0.792. The molecule has 3 rings (SSSR count). The summed E-state index contributed by atoms with van der Waals surface area (Å²) >= 11 is 3.46. The Hall–Kier alpha value is -1.80. The van der Waals surface area contributed by atoms with E-state index in [2.05, 4.69) is 33.2 Å². The van der Waals surface area contributed by atoms with Crippen molar-refractivity contribution in [1.82, 2.24) is 9.78 Å². The fraction of sp³-hybridized carbons (Fsp3) is 0.286. The standard InChI is InChI=1S/C14H12BrN3O/c1-18-14(13(15)11(8-16)17-18)10-4-5-12-9(7-10)3-2-6-19-12/h4-5,7H,2-3,6H2,1H3. The summed E-state index contributed by atoms with van der Waals surface area (Å²) < 4.78 is 8.09. The van der Waals surface area contributed by atoms with Crippen molar-refractivity contribution in [2.75, 3.05) is 6.61 Å². The fourth-order valence-corrected chi connectivity index (χ4v) is 3.04. The Morgan fingerprint density at radius 1 is 1.47 bits per heavy atom. The van der Waals surface area contributed by atoms with E-state index in [1.165, 1.54) is 5.56 Å². The number of halogens is 1. The summed E-state index contributed by atoms with van der Waals surface area (Å²) in [5.74, 6) is 0.966. The monoisotopic (exact) mass is 317 g/mol. The fourth-order valence-electron chi connectivity index (χ4n) is 2.39. The summed E-state index contributed by atoms with van der Waals surface area (Å²) in [5, 5.41) is 13.2.